The molecule has 0 bridgehead atoms. The minimum Gasteiger partial charge on any atom is -0.293 e. The Hall–Kier alpha value is -0.0400. The van der Waals surface area contributed by atoms with E-state index in [0.717, 1.165) is 0 Å². The molecule has 1 nitrogen and oxygen atoms in total. The van der Waals surface area contributed by atoms with E-state index in [-0.39, 0.29) is 0 Å². The lowest BCUT2D eigenvalue weighted by Crippen LogP contribution is -2.55. The van der Waals surface area contributed by atoms with Gasteiger partial charge in [0.1, 0.15) is 0 Å². The summed E-state index contributed by atoms with van der Waals surface area (Å²) in [6.07, 6.45) is 31.1. The van der Waals surface area contributed by atoms with Crippen LogP contribution in [0.3, 0.4) is 0 Å². The highest BCUT2D eigenvalue weighted by molar-refractivity contribution is 4.92. The van der Waals surface area contributed by atoms with E-state index < -0.39 is 0 Å². The van der Waals surface area contributed by atoms with E-state index in [9.17, 15) is 0 Å². The Balaban J connectivity index is 4.32. The Labute approximate surface area is 212 Å². The monoisotopic (exact) mass is 466 g/mol. The van der Waals surface area contributed by atoms with Crippen LogP contribution in [-0.4, -0.2) is 22.5 Å². The zero-order valence-corrected chi connectivity index (χ0v) is 24.7. The first-order valence-corrected chi connectivity index (χ1v) is 15.6. The summed E-state index contributed by atoms with van der Waals surface area (Å²) in [6.45, 7) is 18.4. The summed E-state index contributed by atoms with van der Waals surface area (Å²) in [5.41, 5.74) is 0.637. The number of hydrogen-bond donors (Lipinski definition) is 0. The molecule has 0 aromatic heterocycles. The van der Waals surface area contributed by atoms with E-state index in [0.29, 0.717) is 11.1 Å². The van der Waals surface area contributed by atoms with Gasteiger partial charge in [-0.25, -0.2) is 0 Å². The third-order valence-corrected chi connectivity index (χ3v) is 7.98. The fourth-order valence-corrected chi connectivity index (χ4v) is 5.75. The van der Waals surface area contributed by atoms with Crippen molar-refractivity contribution >= 4 is 0 Å². The van der Waals surface area contributed by atoms with Gasteiger partial charge >= 0.3 is 0 Å². The first-order chi connectivity index (χ1) is 15.8. The molecule has 0 heterocycles. The normalized spacial score (nSPS) is 12.7. The zero-order chi connectivity index (χ0) is 24.8. The van der Waals surface area contributed by atoms with Gasteiger partial charge in [0.15, 0.2) is 0 Å². The summed E-state index contributed by atoms with van der Waals surface area (Å²) in [5.74, 6) is 0. The maximum absolute atomic E-state index is 2.90. The highest BCUT2D eigenvalue weighted by Crippen LogP contribution is 2.33. The molecular formula is C32H67N. The summed E-state index contributed by atoms with van der Waals surface area (Å²) in [4.78, 5) is 2.90. The van der Waals surface area contributed by atoms with Gasteiger partial charge < -0.3 is 0 Å². The third kappa shape index (κ3) is 18.0. The number of rotatable bonds is 25. The van der Waals surface area contributed by atoms with E-state index >= 15 is 0 Å². The molecule has 0 saturated heterocycles. The fraction of sp³-hybridized carbons (Fsp3) is 1.00. The van der Waals surface area contributed by atoms with Crippen LogP contribution < -0.4 is 0 Å². The highest BCUT2D eigenvalue weighted by Gasteiger charge is 2.36. The maximum Gasteiger partial charge on any atom is 0.0158 e. The minimum atomic E-state index is 0.319. The first kappa shape index (κ1) is 33.0. The molecule has 1 heteroatoms. The van der Waals surface area contributed by atoms with E-state index in [2.05, 4.69) is 53.4 Å². The molecule has 0 saturated carbocycles. The molecule has 200 valence electrons. The topological polar surface area (TPSA) is 3.24 Å². The molecule has 0 spiro atoms. The highest BCUT2D eigenvalue weighted by atomic mass is 15.2. The number of unbranched alkanes of at least 4 members (excludes halogenated alkanes) is 17. The molecule has 0 aliphatic heterocycles. The molecule has 0 aromatic rings. The quantitative estimate of drug-likeness (QED) is 0.121. The molecule has 0 rings (SSSR count). The third-order valence-electron chi connectivity index (χ3n) is 7.98. The van der Waals surface area contributed by atoms with Crippen LogP contribution in [-0.2, 0) is 0 Å². The summed E-state index contributed by atoms with van der Waals surface area (Å²) in [6, 6.07) is 0. The summed E-state index contributed by atoms with van der Waals surface area (Å²) in [5, 5.41) is 0. The van der Waals surface area contributed by atoms with Crippen molar-refractivity contribution < 1.29 is 0 Å². The van der Waals surface area contributed by atoms with E-state index in [1.165, 1.54) is 148 Å². The SMILES string of the molecule is CCCCCCCCCCCC(C)(C)N(CCCC)C(C)(C)CCCCCCCCCCC. The Morgan fingerprint density at radius 2 is 0.636 bits per heavy atom. The van der Waals surface area contributed by atoms with Crippen LogP contribution in [0.1, 0.15) is 190 Å². The smallest absolute Gasteiger partial charge is 0.0158 e. The number of nitrogens with zero attached hydrogens (tertiary/aromatic N) is 1. The summed E-state index contributed by atoms with van der Waals surface area (Å²) < 4.78 is 0. The van der Waals surface area contributed by atoms with Gasteiger partial charge in [0.25, 0.3) is 0 Å². The fourth-order valence-electron chi connectivity index (χ4n) is 5.75. The van der Waals surface area contributed by atoms with Crippen molar-refractivity contribution in [3.05, 3.63) is 0 Å². The molecule has 33 heavy (non-hydrogen) atoms. The van der Waals surface area contributed by atoms with Crippen molar-refractivity contribution in [1.29, 1.82) is 0 Å². The molecule has 0 unspecified atom stereocenters. The van der Waals surface area contributed by atoms with Gasteiger partial charge in [0, 0.05) is 11.1 Å². The molecule has 0 amide bonds. The van der Waals surface area contributed by atoms with Crippen LogP contribution in [0.2, 0.25) is 0 Å². The Bertz CT molecular complexity index is 363. The lowest BCUT2D eigenvalue weighted by atomic mass is 9.85. The van der Waals surface area contributed by atoms with Gasteiger partial charge in [-0.05, 0) is 53.5 Å². The predicted molar refractivity (Wildman–Crippen MR) is 153 cm³/mol. The van der Waals surface area contributed by atoms with Crippen molar-refractivity contribution in [3.63, 3.8) is 0 Å². The first-order valence-electron chi connectivity index (χ1n) is 15.6. The van der Waals surface area contributed by atoms with Gasteiger partial charge in [-0.15, -0.1) is 0 Å². The summed E-state index contributed by atoms with van der Waals surface area (Å²) in [7, 11) is 0. The largest absolute Gasteiger partial charge is 0.293 e. The second-order valence-electron chi connectivity index (χ2n) is 12.3. The Morgan fingerprint density at radius 1 is 0.364 bits per heavy atom. The van der Waals surface area contributed by atoms with Gasteiger partial charge in [-0.1, -0.05) is 143 Å². The average molecular weight is 466 g/mol. The van der Waals surface area contributed by atoms with E-state index in [4.69, 9.17) is 0 Å². The van der Waals surface area contributed by atoms with Gasteiger partial charge in [0.05, 0.1) is 0 Å². The van der Waals surface area contributed by atoms with Crippen LogP contribution in [0.15, 0.2) is 0 Å². The molecule has 0 aliphatic rings. The van der Waals surface area contributed by atoms with Crippen molar-refractivity contribution in [2.24, 2.45) is 0 Å². The van der Waals surface area contributed by atoms with Crippen molar-refractivity contribution in [2.45, 2.75) is 201 Å². The van der Waals surface area contributed by atoms with Gasteiger partial charge in [-0.3, -0.25) is 4.90 Å². The standard InChI is InChI=1S/C32H67N/c1-8-11-14-16-18-20-22-24-26-28-31(4,5)33(30-13-10-3)32(6,7)29-27-25-23-21-19-17-15-12-9-2/h8-30H2,1-7H3. The second kappa shape index (κ2) is 21.3. The van der Waals surface area contributed by atoms with Crippen LogP contribution in [0, 0.1) is 0 Å². The molecular weight excluding hydrogens is 398 g/mol. The maximum atomic E-state index is 2.90. The van der Waals surface area contributed by atoms with Crippen LogP contribution in [0.4, 0.5) is 0 Å². The van der Waals surface area contributed by atoms with Crippen molar-refractivity contribution in [1.82, 2.24) is 4.90 Å². The van der Waals surface area contributed by atoms with Crippen LogP contribution in [0.5, 0.6) is 0 Å². The van der Waals surface area contributed by atoms with Crippen LogP contribution >= 0.6 is 0 Å². The van der Waals surface area contributed by atoms with Gasteiger partial charge in [0.2, 0.25) is 0 Å². The Morgan fingerprint density at radius 3 is 0.939 bits per heavy atom. The van der Waals surface area contributed by atoms with E-state index in [1.807, 2.05) is 0 Å². The number of hydrogen-bond acceptors (Lipinski definition) is 1. The minimum absolute atomic E-state index is 0.319. The molecule has 0 N–H and O–H groups in total. The second-order valence-corrected chi connectivity index (χ2v) is 12.3. The predicted octanol–water partition coefficient (Wildman–Crippen LogP) is 11.5. The van der Waals surface area contributed by atoms with Crippen molar-refractivity contribution in [2.75, 3.05) is 6.54 Å². The van der Waals surface area contributed by atoms with E-state index in [1.54, 1.807) is 0 Å². The molecule has 0 aliphatic carbocycles. The molecule has 0 radical (unpaired) electrons. The van der Waals surface area contributed by atoms with Crippen molar-refractivity contribution in [3.8, 4) is 0 Å². The molecule has 0 fully saturated rings. The van der Waals surface area contributed by atoms with Crippen LogP contribution in [0.25, 0.3) is 0 Å². The van der Waals surface area contributed by atoms with Gasteiger partial charge in [-0.2, -0.15) is 0 Å². The molecule has 0 aromatic carbocycles. The molecule has 0 atom stereocenters. The lowest BCUT2D eigenvalue weighted by Gasteiger charge is -2.49. The summed E-state index contributed by atoms with van der Waals surface area (Å²) >= 11 is 0. The average Bonchev–Trinajstić information content (AvgIpc) is 2.76. The Kier molecular flexibility index (Phi) is 21.2. The zero-order valence-electron chi connectivity index (χ0n) is 24.7. The lowest BCUT2D eigenvalue weighted by molar-refractivity contribution is 0.00191.